The molecule has 0 aromatic heterocycles. The van der Waals surface area contributed by atoms with Gasteiger partial charge in [0.1, 0.15) is 0 Å². The predicted octanol–water partition coefficient (Wildman–Crippen LogP) is 6.01. The molecule has 29 heavy (non-hydrogen) atoms. The summed E-state index contributed by atoms with van der Waals surface area (Å²) in [5.41, 5.74) is 0. The lowest BCUT2D eigenvalue weighted by molar-refractivity contribution is 0.0431. The van der Waals surface area contributed by atoms with Crippen molar-refractivity contribution in [1.29, 1.82) is 0 Å². The average molecular weight is 403 g/mol. The molecule has 3 aromatic rings. The topological polar surface area (TPSA) is 9.23 Å². The maximum absolute atomic E-state index is 7.34. The fraction of sp³-hybridized carbons (Fsp3) is 0.407. The van der Waals surface area contributed by atoms with Crippen LogP contribution in [0.2, 0.25) is 6.55 Å². The van der Waals surface area contributed by atoms with Gasteiger partial charge in [-0.3, -0.25) is 0 Å². The predicted molar refractivity (Wildman–Crippen MR) is 127 cm³/mol. The van der Waals surface area contributed by atoms with Crippen LogP contribution in [0.4, 0.5) is 0 Å². The maximum atomic E-state index is 7.34. The van der Waals surface area contributed by atoms with E-state index in [9.17, 15) is 0 Å². The summed E-state index contributed by atoms with van der Waals surface area (Å²) in [6.45, 7) is 9.56. The number of benzene rings is 3. The lowest BCUT2D eigenvalue weighted by Crippen LogP contribution is -2.61. The van der Waals surface area contributed by atoms with E-state index in [0.29, 0.717) is 17.9 Å². The fourth-order valence-electron chi connectivity index (χ4n) is 5.24. The molecule has 1 nitrogen and oxygen atoms in total. The van der Waals surface area contributed by atoms with E-state index in [0.717, 1.165) is 5.92 Å². The summed E-state index contributed by atoms with van der Waals surface area (Å²) >= 11 is 0. The van der Waals surface area contributed by atoms with Crippen LogP contribution in [0.25, 0.3) is 10.8 Å². The molecule has 4 rings (SSSR count). The Bertz CT molecular complexity index is 946. The minimum Gasteiger partial charge on any atom is -0.405 e. The quantitative estimate of drug-likeness (QED) is 0.475. The second-order valence-electron chi connectivity index (χ2n) is 9.41. The van der Waals surface area contributed by atoms with E-state index < -0.39 is 8.32 Å². The minimum atomic E-state index is -2.37. The second-order valence-corrected chi connectivity index (χ2v) is 12.8. The standard InChI is InChI=1S/C27H34OSi/c1-20(2)24-18-17-21(3)19-26(24)28-29(4,23-13-6-5-7-14-23)27-16-10-12-22-11-8-9-15-25(22)27/h5-16,20-21,24,26H,17-19H2,1-4H3/t21-,24+,26+,29?/m1/s1. The van der Waals surface area contributed by atoms with Gasteiger partial charge in [-0.05, 0) is 58.3 Å². The van der Waals surface area contributed by atoms with Crippen molar-refractivity contribution in [2.45, 2.75) is 52.7 Å². The summed E-state index contributed by atoms with van der Waals surface area (Å²) in [5, 5.41) is 5.43. The monoisotopic (exact) mass is 402 g/mol. The molecule has 0 heterocycles. The van der Waals surface area contributed by atoms with Crippen LogP contribution in [0.3, 0.4) is 0 Å². The Morgan fingerprint density at radius 2 is 1.55 bits per heavy atom. The highest BCUT2D eigenvalue weighted by atomic mass is 28.4. The lowest BCUT2D eigenvalue weighted by Gasteiger charge is -2.42. The highest BCUT2D eigenvalue weighted by Gasteiger charge is 2.42. The molecule has 4 atom stereocenters. The highest BCUT2D eigenvalue weighted by Crippen LogP contribution is 2.37. The SMILES string of the molecule is CC(C)[C@@H]1CC[C@@H](C)C[C@@H]1O[Si](C)(c1ccccc1)c1cccc2ccccc12. The molecule has 1 aliphatic carbocycles. The summed E-state index contributed by atoms with van der Waals surface area (Å²) in [6, 6.07) is 26.5. The molecular weight excluding hydrogens is 368 g/mol. The van der Waals surface area contributed by atoms with Crippen LogP contribution in [0.1, 0.15) is 40.0 Å². The Morgan fingerprint density at radius 1 is 0.862 bits per heavy atom. The third-order valence-electron chi connectivity index (χ3n) is 6.98. The van der Waals surface area contributed by atoms with Crippen molar-refractivity contribution >= 4 is 29.5 Å². The van der Waals surface area contributed by atoms with Crippen LogP contribution in [-0.4, -0.2) is 14.4 Å². The van der Waals surface area contributed by atoms with Crippen molar-refractivity contribution in [2.24, 2.45) is 17.8 Å². The number of hydrogen-bond donors (Lipinski definition) is 0. The van der Waals surface area contributed by atoms with Gasteiger partial charge in [0.25, 0.3) is 8.32 Å². The van der Waals surface area contributed by atoms with Gasteiger partial charge >= 0.3 is 0 Å². The van der Waals surface area contributed by atoms with E-state index in [1.54, 1.807) is 0 Å². The van der Waals surface area contributed by atoms with Crippen molar-refractivity contribution in [3.8, 4) is 0 Å². The van der Waals surface area contributed by atoms with Gasteiger partial charge in [-0.1, -0.05) is 100.0 Å². The van der Waals surface area contributed by atoms with Crippen LogP contribution in [-0.2, 0) is 4.43 Å². The maximum Gasteiger partial charge on any atom is 0.253 e. The van der Waals surface area contributed by atoms with Gasteiger partial charge in [0.2, 0.25) is 0 Å². The number of hydrogen-bond acceptors (Lipinski definition) is 1. The molecule has 3 aromatic carbocycles. The largest absolute Gasteiger partial charge is 0.405 e. The first-order chi connectivity index (χ1) is 14.0. The van der Waals surface area contributed by atoms with Crippen LogP contribution >= 0.6 is 0 Å². The Hall–Kier alpha value is -1.90. The van der Waals surface area contributed by atoms with Crippen molar-refractivity contribution < 1.29 is 4.43 Å². The zero-order valence-electron chi connectivity index (χ0n) is 18.3. The van der Waals surface area contributed by atoms with Gasteiger partial charge in [-0.2, -0.15) is 0 Å². The van der Waals surface area contributed by atoms with Crippen LogP contribution in [0, 0.1) is 17.8 Å². The van der Waals surface area contributed by atoms with Crippen LogP contribution in [0.15, 0.2) is 72.8 Å². The first kappa shape index (κ1) is 20.4. The van der Waals surface area contributed by atoms with E-state index in [1.165, 1.54) is 40.4 Å². The molecule has 1 unspecified atom stereocenters. The molecule has 0 aliphatic heterocycles. The Labute approximate surface area is 177 Å². The molecule has 152 valence electrons. The normalized spacial score (nSPS) is 24.5. The molecule has 1 saturated carbocycles. The van der Waals surface area contributed by atoms with E-state index in [1.807, 2.05) is 0 Å². The molecular formula is C27H34OSi. The Morgan fingerprint density at radius 3 is 2.31 bits per heavy atom. The van der Waals surface area contributed by atoms with Gasteiger partial charge in [0.15, 0.2) is 0 Å². The van der Waals surface area contributed by atoms with Gasteiger partial charge in [-0.15, -0.1) is 0 Å². The molecule has 0 radical (unpaired) electrons. The second kappa shape index (κ2) is 8.45. The summed E-state index contributed by atoms with van der Waals surface area (Å²) in [6.07, 6.45) is 4.15. The molecule has 0 bridgehead atoms. The zero-order valence-corrected chi connectivity index (χ0v) is 19.3. The summed E-state index contributed by atoms with van der Waals surface area (Å²) < 4.78 is 7.34. The van der Waals surface area contributed by atoms with E-state index in [2.05, 4.69) is 100 Å². The van der Waals surface area contributed by atoms with Crippen molar-refractivity contribution in [1.82, 2.24) is 0 Å². The molecule has 1 aliphatic rings. The first-order valence-electron chi connectivity index (χ1n) is 11.2. The lowest BCUT2D eigenvalue weighted by atomic mass is 9.75. The summed E-state index contributed by atoms with van der Waals surface area (Å²) in [5.74, 6) is 2.06. The van der Waals surface area contributed by atoms with Crippen molar-refractivity contribution in [2.75, 3.05) is 0 Å². The number of rotatable bonds is 5. The molecule has 2 heteroatoms. The molecule has 0 spiro atoms. The van der Waals surface area contributed by atoms with E-state index in [-0.39, 0.29) is 0 Å². The molecule has 1 fully saturated rings. The van der Waals surface area contributed by atoms with Crippen LogP contribution < -0.4 is 10.4 Å². The van der Waals surface area contributed by atoms with Gasteiger partial charge in [0, 0.05) is 6.10 Å². The highest BCUT2D eigenvalue weighted by molar-refractivity contribution is 6.98. The van der Waals surface area contributed by atoms with Crippen molar-refractivity contribution in [3.05, 3.63) is 72.8 Å². The third kappa shape index (κ3) is 4.06. The molecule has 0 amide bonds. The van der Waals surface area contributed by atoms with Gasteiger partial charge in [-0.25, -0.2) is 0 Å². The minimum absolute atomic E-state index is 0.342. The third-order valence-corrected chi connectivity index (χ3v) is 10.6. The summed E-state index contributed by atoms with van der Waals surface area (Å²) in [7, 11) is -2.37. The zero-order chi connectivity index (χ0) is 20.4. The van der Waals surface area contributed by atoms with Crippen molar-refractivity contribution in [3.63, 3.8) is 0 Å². The first-order valence-corrected chi connectivity index (χ1v) is 13.6. The van der Waals surface area contributed by atoms with Gasteiger partial charge < -0.3 is 4.43 Å². The average Bonchev–Trinajstić information content (AvgIpc) is 2.73. The van der Waals surface area contributed by atoms with Gasteiger partial charge in [0.05, 0.1) is 0 Å². The smallest absolute Gasteiger partial charge is 0.253 e. The van der Waals surface area contributed by atoms with E-state index in [4.69, 9.17) is 4.43 Å². The fourth-order valence-corrected chi connectivity index (χ4v) is 8.67. The molecule has 0 N–H and O–H groups in total. The molecule has 0 saturated heterocycles. The number of fused-ring (bicyclic) bond motifs is 1. The van der Waals surface area contributed by atoms with E-state index >= 15 is 0 Å². The Balaban J connectivity index is 1.84. The Kier molecular flexibility index (Phi) is 5.94. The summed E-state index contributed by atoms with van der Waals surface area (Å²) in [4.78, 5) is 0. The van der Waals surface area contributed by atoms with Crippen LogP contribution in [0.5, 0.6) is 0 Å².